The van der Waals surface area contributed by atoms with E-state index in [1.54, 1.807) is 0 Å². The predicted molar refractivity (Wildman–Crippen MR) is 165 cm³/mol. The third kappa shape index (κ3) is 12.7. The van der Waals surface area contributed by atoms with E-state index in [1.807, 2.05) is 0 Å². The Morgan fingerprint density at radius 2 is 0.654 bits per heavy atom. The normalized spacial score (nSPS) is 16.6. The second-order valence-electron chi connectivity index (χ2n) is 10.3. The fourth-order valence-electron chi connectivity index (χ4n) is 5.24. The first-order chi connectivity index (χ1) is 22.2. The van der Waals surface area contributed by atoms with Crippen LogP contribution >= 0.6 is 76.0 Å². The molecular weight excluding hydrogens is 940 g/mol. The van der Waals surface area contributed by atoms with Gasteiger partial charge in [0.25, 0.3) is 0 Å². The fourth-order valence-corrected chi connectivity index (χ4v) is 22.0. The van der Waals surface area contributed by atoms with Crippen molar-refractivity contribution in [1.82, 2.24) is 10.2 Å². The van der Waals surface area contributed by atoms with Crippen molar-refractivity contribution in [1.29, 1.82) is 0 Å². The molecule has 33 nitrogen and oxygen atoms in total. The van der Waals surface area contributed by atoms with Crippen molar-refractivity contribution < 1.29 is 144 Å². The van der Waals surface area contributed by atoms with Gasteiger partial charge in [-0.3, -0.25) is 45.7 Å². The van der Waals surface area contributed by atoms with Crippen LogP contribution in [0.2, 0.25) is 0 Å². The number of nitrogens with two attached hydrogens (primary N) is 1. The van der Waals surface area contributed by atoms with Gasteiger partial charge in [0.1, 0.15) is 0 Å². The summed E-state index contributed by atoms with van der Waals surface area (Å²) in [6.07, 6.45) is 0. The first kappa shape index (κ1) is 53.4. The van der Waals surface area contributed by atoms with Crippen LogP contribution in [0, 0.1) is 0 Å². The lowest BCUT2D eigenvalue weighted by molar-refractivity contribution is 0.0361. The smallest absolute Gasteiger partial charge is 0.329 e. The van der Waals surface area contributed by atoms with Crippen LogP contribution in [0.4, 0.5) is 0 Å². The minimum Gasteiger partial charge on any atom is -0.329 e. The van der Waals surface area contributed by atoms with Crippen molar-refractivity contribution in [3.63, 3.8) is 0 Å². The summed E-state index contributed by atoms with van der Waals surface area (Å²) in [7, 11) is -76.8. The zero-order valence-corrected chi connectivity index (χ0v) is 33.3. The van der Waals surface area contributed by atoms with Gasteiger partial charge in [0.2, 0.25) is 11.0 Å². The van der Waals surface area contributed by atoms with E-state index in [2.05, 4.69) is 0 Å². The van der Waals surface area contributed by atoms with Crippen LogP contribution in [0.1, 0.15) is 0 Å². The molecule has 23 N–H and O–H groups in total. The van der Waals surface area contributed by atoms with E-state index >= 15 is 0 Å². The molecule has 0 aliphatic carbocycles. The molecule has 0 aromatic carbocycles. The van der Waals surface area contributed by atoms with Crippen LogP contribution in [-0.4, -0.2) is 155 Å². The molecule has 0 saturated carbocycles. The van der Waals surface area contributed by atoms with Crippen molar-refractivity contribution in [2.45, 2.75) is 38.8 Å². The summed E-state index contributed by atoms with van der Waals surface area (Å²) < 4.78 is 129. The lowest BCUT2D eigenvalue weighted by Gasteiger charge is -2.59. The Morgan fingerprint density at radius 1 is 0.423 bits per heavy atom. The van der Waals surface area contributed by atoms with E-state index in [1.165, 1.54) is 0 Å². The molecule has 0 rings (SSSR count). The van der Waals surface area contributed by atoms with Gasteiger partial charge in [-0.25, -0.2) is 4.90 Å². The molecular formula is C9H33N3O30P10. The van der Waals surface area contributed by atoms with Crippen LogP contribution in [0.5, 0.6) is 0 Å². The minimum atomic E-state index is -7.87. The first-order valence-electron chi connectivity index (χ1n) is 11.9. The van der Waals surface area contributed by atoms with Crippen molar-refractivity contribution in [2.75, 3.05) is 13.1 Å². The zero-order valence-electron chi connectivity index (χ0n) is 24.4. The molecule has 1 unspecified atom stereocenters. The van der Waals surface area contributed by atoms with Gasteiger partial charge >= 0.3 is 76.0 Å². The second kappa shape index (κ2) is 16.6. The Hall–Kier alpha value is 1.38. The molecule has 0 radical (unpaired) electrons. The Morgan fingerprint density at radius 3 is 0.808 bits per heavy atom. The van der Waals surface area contributed by atoms with Gasteiger partial charge in [0.05, 0.1) is 11.6 Å². The van der Waals surface area contributed by atoms with E-state index in [-0.39, 0.29) is 0 Å². The van der Waals surface area contributed by atoms with Gasteiger partial charge in [-0.2, -0.15) is 0 Å². The van der Waals surface area contributed by atoms with Crippen LogP contribution < -0.4 is 11.1 Å². The highest BCUT2D eigenvalue weighted by Gasteiger charge is 2.81. The SMILES string of the molecule is NCCNC(C(P(=O)(O)O)P(=O)(O)O)C(C(P(=O)(O)O)P(=O)(O)O)(C(P(=O)(O)O)P(=O)(O)O)N(C(P(=O)(O)O)P(=O)(O)O)C(P(=O)(O)O)P(=O)(O)O. The summed E-state index contributed by atoms with van der Waals surface area (Å²) in [6.45, 7) is -2.97. The third-order valence-corrected chi connectivity index (χ3v) is 24.8. The van der Waals surface area contributed by atoms with E-state index < -0.39 is 133 Å². The highest BCUT2D eigenvalue weighted by molar-refractivity contribution is 7.75. The monoisotopic (exact) mass is 973 g/mol. The highest BCUT2D eigenvalue weighted by atomic mass is 31.3. The van der Waals surface area contributed by atoms with Gasteiger partial charge in [0, 0.05) is 13.1 Å². The fraction of sp³-hybridized carbons (Fsp3) is 1.00. The Labute approximate surface area is 287 Å². The largest absolute Gasteiger partial charge is 0.355 e. The van der Waals surface area contributed by atoms with E-state index in [0.717, 1.165) is 5.32 Å². The molecule has 1 atom stereocenters. The van der Waals surface area contributed by atoms with Crippen molar-refractivity contribution in [3.8, 4) is 0 Å². The molecule has 0 aliphatic rings. The van der Waals surface area contributed by atoms with Crippen molar-refractivity contribution in [2.24, 2.45) is 5.73 Å². The maximum Gasteiger partial charge on any atom is 0.355 e. The van der Waals surface area contributed by atoms with Crippen LogP contribution in [0.15, 0.2) is 0 Å². The molecule has 0 spiro atoms. The molecule has 0 heterocycles. The number of nitrogens with one attached hydrogen (secondary N) is 1. The summed E-state index contributed by atoms with van der Waals surface area (Å²) in [5.41, 5.74) is -11.8. The van der Waals surface area contributed by atoms with Gasteiger partial charge in [-0.1, -0.05) is 0 Å². The standard InChI is InChI=1S/C9H33N3O30P10/c10-1-2-11-3(4(43(13,14)15)44(16,17)18)9(5(45(19,20)21)46(22,23)24,6(47(25,26)27)48(28,29)30)12(7(49(31,32)33)50(34,35)36)8(51(37,38)39)52(40,41)42/h3-8,11H,1-2,10H2,(H2,13,14,15)(H2,16,17,18)(H2,19,20,21)(H2,22,23,24)(H2,25,26,27)(H2,28,29,30)(H2,31,32,33)(H2,34,35,36)(H2,37,38,39)(H2,40,41,42). The summed E-state index contributed by atoms with van der Waals surface area (Å²) >= 11 is 0. The predicted octanol–water partition coefficient (Wildman–Crippen LogP) is -5.73. The van der Waals surface area contributed by atoms with Gasteiger partial charge in [0.15, 0.2) is 16.2 Å². The van der Waals surface area contributed by atoms with Crippen molar-refractivity contribution in [3.05, 3.63) is 0 Å². The molecule has 0 aromatic rings. The highest BCUT2D eigenvalue weighted by Crippen LogP contribution is 2.81. The molecule has 0 aromatic heterocycles. The number of nitrogens with zero attached hydrogens (tertiary/aromatic N) is 1. The van der Waals surface area contributed by atoms with Gasteiger partial charge < -0.3 is 109 Å². The molecule has 0 fully saturated rings. The van der Waals surface area contributed by atoms with E-state index in [9.17, 15) is 144 Å². The summed E-state index contributed by atoms with van der Waals surface area (Å²) in [4.78, 5) is 201. The van der Waals surface area contributed by atoms with E-state index in [4.69, 9.17) is 5.73 Å². The molecule has 0 amide bonds. The molecule has 43 heteroatoms. The van der Waals surface area contributed by atoms with Crippen LogP contribution in [-0.2, 0) is 45.7 Å². The minimum absolute atomic E-state index is 1.13. The average molecular weight is 973 g/mol. The topological polar surface area (TPSA) is 617 Å². The van der Waals surface area contributed by atoms with Crippen LogP contribution in [0.3, 0.4) is 0 Å². The molecule has 52 heavy (non-hydrogen) atoms. The summed E-state index contributed by atoms with van der Waals surface area (Å²) in [5.74, 6) is 0. The first-order valence-corrected chi connectivity index (χ1v) is 28.7. The number of rotatable bonds is 20. The third-order valence-electron chi connectivity index (χ3n) is 6.24. The summed E-state index contributed by atoms with van der Waals surface area (Å²) in [5, 5.41) is -14.5. The lowest BCUT2D eigenvalue weighted by Crippen LogP contribution is -2.77. The van der Waals surface area contributed by atoms with Crippen molar-refractivity contribution >= 4 is 76.0 Å². The molecule has 0 bridgehead atoms. The molecule has 0 saturated heterocycles. The van der Waals surface area contributed by atoms with Crippen LogP contribution in [0.25, 0.3) is 0 Å². The lowest BCUT2D eigenvalue weighted by atomic mass is 9.92. The zero-order chi connectivity index (χ0) is 42.7. The molecule has 314 valence electrons. The average Bonchev–Trinajstić information content (AvgIpc) is 2.71. The number of hydrogen-bond donors (Lipinski definition) is 22. The molecule has 0 aliphatic heterocycles. The maximum atomic E-state index is 13.1. The maximum absolute atomic E-state index is 13.1. The van der Waals surface area contributed by atoms with Gasteiger partial charge in [-0.15, -0.1) is 0 Å². The number of hydrogen-bond acceptors (Lipinski definition) is 13. The second-order valence-corrected chi connectivity index (χ2v) is 29.2. The van der Waals surface area contributed by atoms with E-state index in [0.29, 0.717) is 0 Å². The Bertz CT molecular complexity index is 1580. The Balaban J connectivity index is 11.1. The summed E-state index contributed by atoms with van der Waals surface area (Å²) in [6, 6.07) is -4.76. The Kier molecular flexibility index (Phi) is 17.0. The quantitative estimate of drug-likeness (QED) is 0.0506. The van der Waals surface area contributed by atoms with Gasteiger partial charge in [-0.05, 0) is 0 Å².